The molecule has 0 saturated heterocycles. The molecule has 1 atom stereocenters. The average Bonchev–Trinajstić information content (AvgIpc) is 2.67. The summed E-state index contributed by atoms with van der Waals surface area (Å²) >= 11 is 0. The van der Waals surface area contributed by atoms with Crippen LogP contribution >= 0.6 is 0 Å². The van der Waals surface area contributed by atoms with Crippen molar-refractivity contribution >= 4 is 17.7 Å². The highest BCUT2D eigenvalue weighted by molar-refractivity contribution is 5.95. The van der Waals surface area contributed by atoms with Crippen molar-refractivity contribution in [1.29, 1.82) is 0 Å². The number of rotatable bonds is 18. The first-order valence-corrected chi connectivity index (χ1v) is 12.6. The van der Waals surface area contributed by atoms with Crippen LogP contribution in [-0.4, -0.2) is 42.1 Å². The number of carbonyl (C=O) groups is 3. The molecule has 0 fully saturated rings. The molecule has 1 N–H and O–H groups in total. The van der Waals surface area contributed by atoms with Gasteiger partial charge in [-0.1, -0.05) is 72.6 Å². The maximum atomic E-state index is 11.3. The summed E-state index contributed by atoms with van der Waals surface area (Å²) in [4.78, 5) is 33.4. The smallest absolute Gasteiger partial charge is 0.313 e. The van der Waals surface area contributed by atoms with Gasteiger partial charge in [0.15, 0.2) is 0 Å². The van der Waals surface area contributed by atoms with Gasteiger partial charge < -0.3 is 14.6 Å². The lowest BCUT2D eigenvalue weighted by molar-refractivity contribution is -0.146. The lowest BCUT2D eigenvalue weighted by Crippen LogP contribution is -2.15. The van der Waals surface area contributed by atoms with Gasteiger partial charge in [0.2, 0.25) is 0 Å². The maximum absolute atomic E-state index is 11.3. The molecule has 6 nitrogen and oxygen atoms in total. The fraction of sp³-hybridized carbons (Fsp3) is 0.885. The van der Waals surface area contributed by atoms with Crippen molar-refractivity contribution in [1.82, 2.24) is 0 Å². The molecule has 6 heteroatoms. The SMILES string of the molecule is CCOC(=O)CC(=O)CCCCCC(C)C.CCOC(=O)CC(O)CCCCCC(C)C. The number of aliphatic hydroxyl groups excluding tert-OH is 1. The van der Waals surface area contributed by atoms with Crippen LogP contribution in [0.2, 0.25) is 0 Å². The number of unbranched alkanes of at least 4 members (excludes halogenated alkanes) is 4. The summed E-state index contributed by atoms with van der Waals surface area (Å²) < 4.78 is 9.48. The second-order valence-electron chi connectivity index (χ2n) is 9.21. The number of hydrogen-bond donors (Lipinski definition) is 1. The molecule has 0 saturated carbocycles. The largest absolute Gasteiger partial charge is 0.466 e. The zero-order valence-corrected chi connectivity index (χ0v) is 21.6. The first-order chi connectivity index (χ1) is 15.1. The molecule has 0 radical (unpaired) electrons. The summed E-state index contributed by atoms with van der Waals surface area (Å²) in [5.41, 5.74) is 0. The summed E-state index contributed by atoms with van der Waals surface area (Å²) in [7, 11) is 0. The van der Waals surface area contributed by atoms with Crippen molar-refractivity contribution in [2.45, 2.75) is 125 Å². The van der Waals surface area contributed by atoms with Gasteiger partial charge >= 0.3 is 11.9 Å². The summed E-state index contributed by atoms with van der Waals surface area (Å²) in [6.07, 6.45) is 9.71. The third kappa shape index (κ3) is 26.6. The van der Waals surface area contributed by atoms with E-state index in [1.165, 1.54) is 25.7 Å². The van der Waals surface area contributed by atoms with Crippen molar-refractivity contribution < 1.29 is 29.0 Å². The molecule has 0 aromatic heterocycles. The molecule has 1 unspecified atom stereocenters. The van der Waals surface area contributed by atoms with E-state index in [0.29, 0.717) is 26.1 Å². The number of hydrogen-bond acceptors (Lipinski definition) is 6. The summed E-state index contributed by atoms with van der Waals surface area (Å²) in [5, 5.41) is 9.55. The molecule has 0 heterocycles. The molecule has 0 rings (SSSR count). The van der Waals surface area contributed by atoms with Crippen LogP contribution in [0, 0.1) is 11.8 Å². The van der Waals surface area contributed by atoms with E-state index >= 15 is 0 Å². The molecule has 190 valence electrons. The summed E-state index contributed by atoms with van der Waals surface area (Å²) in [6.45, 7) is 13.1. The standard InChI is InChI=1S/C13H26O3.C13H24O3/c2*1-4-16-13(15)10-12(14)9-7-5-6-8-11(2)3/h11-12,14H,4-10H2,1-3H3;11H,4-10H2,1-3H3. The first kappa shape index (κ1) is 32.7. The Morgan fingerprint density at radius 2 is 1.16 bits per heavy atom. The highest BCUT2D eigenvalue weighted by atomic mass is 16.5. The molecule has 0 aliphatic carbocycles. The Balaban J connectivity index is 0. The zero-order chi connectivity index (χ0) is 24.8. The van der Waals surface area contributed by atoms with Gasteiger partial charge in [0.05, 0.1) is 25.7 Å². The van der Waals surface area contributed by atoms with E-state index in [1.807, 2.05) is 0 Å². The third-order valence-corrected chi connectivity index (χ3v) is 4.91. The number of aliphatic hydroxyl groups is 1. The Morgan fingerprint density at radius 3 is 1.66 bits per heavy atom. The summed E-state index contributed by atoms with van der Waals surface area (Å²) in [5.74, 6) is 0.801. The highest BCUT2D eigenvalue weighted by Crippen LogP contribution is 2.12. The van der Waals surface area contributed by atoms with Gasteiger partial charge in [-0.15, -0.1) is 0 Å². The van der Waals surface area contributed by atoms with Gasteiger partial charge in [0, 0.05) is 6.42 Å². The van der Waals surface area contributed by atoms with Gasteiger partial charge in [0.25, 0.3) is 0 Å². The maximum Gasteiger partial charge on any atom is 0.313 e. The molecule has 0 bridgehead atoms. The van der Waals surface area contributed by atoms with Crippen LogP contribution in [0.1, 0.15) is 119 Å². The number of ketones is 1. The van der Waals surface area contributed by atoms with Crippen LogP contribution < -0.4 is 0 Å². The lowest BCUT2D eigenvalue weighted by Gasteiger charge is -2.10. The van der Waals surface area contributed by atoms with Crippen LogP contribution in [0.3, 0.4) is 0 Å². The second-order valence-corrected chi connectivity index (χ2v) is 9.21. The van der Waals surface area contributed by atoms with Crippen molar-refractivity contribution in [2.24, 2.45) is 11.8 Å². The minimum Gasteiger partial charge on any atom is -0.466 e. The van der Waals surface area contributed by atoms with Gasteiger partial charge in [-0.3, -0.25) is 14.4 Å². The Bertz CT molecular complexity index is 473. The van der Waals surface area contributed by atoms with Crippen LogP contribution in [0.5, 0.6) is 0 Å². The molecule has 0 aliphatic heterocycles. The van der Waals surface area contributed by atoms with Crippen LogP contribution in [0.25, 0.3) is 0 Å². The molecular formula is C26H50O6. The Morgan fingerprint density at radius 1 is 0.688 bits per heavy atom. The zero-order valence-electron chi connectivity index (χ0n) is 21.6. The van der Waals surface area contributed by atoms with E-state index in [-0.39, 0.29) is 24.6 Å². The van der Waals surface area contributed by atoms with E-state index in [1.54, 1.807) is 13.8 Å². The number of carbonyl (C=O) groups excluding carboxylic acids is 3. The predicted octanol–water partition coefficient (Wildman–Crippen LogP) is 6.02. The van der Waals surface area contributed by atoms with Crippen LogP contribution in [0.4, 0.5) is 0 Å². The number of ether oxygens (including phenoxy) is 2. The Hall–Kier alpha value is -1.43. The number of esters is 2. The fourth-order valence-corrected chi connectivity index (χ4v) is 3.14. The Labute approximate surface area is 196 Å². The summed E-state index contributed by atoms with van der Waals surface area (Å²) in [6, 6.07) is 0. The van der Waals surface area contributed by atoms with E-state index < -0.39 is 12.1 Å². The molecule has 0 aromatic rings. The van der Waals surface area contributed by atoms with Crippen molar-refractivity contribution in [3.8, 4) is 0 Å². The lowest BCUT2D eigenvalue weighted by atomic mass is 10.0. The number of Topliss-reactive ketones (excluding diaryl/α,β-unsaturated/α-hetero) is 1. The van der Waals surface area contributed by atoms with Gasteiger partial charge in [-0.25, -0.2) is 0 Å². The van der Waals surface area contributed by atoms with E-state index in [9.17, 15) is 19.5 Å². The van der Waals surface area contributed by atoms with Gasteiger partial charge in [-0.05, 0) is 38.5 Å². The quantitative estimate of drug-likeness (QED) is 0.153. The first-order valence-electron chi connectivity index (χ1n) is 12.6. The third-order valence-electron chi connectivity index (χ3n) is 4.91. The Kier molecular flexibility index (Phi) is 23.3. The minimum atomic E-state index is -0.530. The normalized spacial score (nSPS) is 11.7. The minimum absolute atomic E-state index is 0.00277. The predicted molar refractivity (Wildman–Crippen MR) is 129 cm³/mol. The average molecular weight is 459 g/mol. The van der Waals surface area contributed by atoms with Crippen molar-refractivity contribution in [3.05, 3.63) is 0 Å². The van der Waals surface area contributed by atoms with Gasteiger partial charge in [-0.2, -0.15) is 0 Å². The van der Waals surface area contributed by atoms with Gasteiger partial charge in [0.1, 0.15) is 12.2 Å². The molecule has 0 amide bonds. The fourth-order valence-electron chi connectivity index (χ4n) is 3.14. The monoisotopic (exact) mass is 458 g/mol. The van der Waals surface area contributed by atoms with E-state index in [4.69, 9.17) is 9.47 Å². The van der Waals surface area contributed by atoms with Crippen LogP contribution in [-0.2, 0) is 23.9 Å². The molecule has 32 heavy (non-hydrogen) atoms. The topological polar surface area (TPSA) is 89.9 Å². The van der Waals surface area contributed by atoms with Crippen molar-refractivity contribution in [2.75, 3.05) is 13.2 Å². The molecule has 0 aliphatic rings. The second kappa shape index (κ2) is 22.8. The van der Waals surface area contributed by atoms with Crippen molar-refractivity contribution in [3.63, 3.8) is 0 Å². The molecule has 0 spiro atoms. The molecule has 0 aromatic carbocycles. The van der Waals surface area contributed by atoms with Crippen LogP contribution in [0.15, 0.2) is 0 Å². The van der Waals surface area contributed by atoms with E-state index in [0.717, 1.165) is 37.5 Å². The highest BCUT2D eigenvalue weighted by Gasteiger charge is 2.11. The molecular weight excluding hydrogens is 408 g/mol. The van der Waals surface area contributed by atoms with E-state index in [2.05, 4.69) is 27.7 Å².